The van der Waals surface area contributed by atoms with E-state index in [2.05, 4.69) is 19.1 Å². The predicted molar refractivity (Wildman–Crippen MR) is 100.0 cm³/mol. The highest BCUT2D eigenvalue weighted by molar-refractivity contribution is 5.93. The van der Waals surface area contributed by atoms with Gasteiger partial charge >= 0.3 is 0 Å². The summed E-state index contributed by atoms with van der Waals surface area (Å²) in [6.07, 6.45) is 6.26. The number of rotatable bonds is 7. The van der Waals surface area contributed by atoms with Crippen molar-refractivity contribution < 1.29 is 9.84 Å². The molecule has 0 unspecified atom stereocenters. The molecular weight excluding hydrogens is 296 g/mol. The van der Waals surface area contributed by atoms with Crippen molar-refractivity contribution in [1.82, 2.24) is 0 Å². The molecule has 3 rings (SSSR count). The van der Waals surface area contributed by atoms with E-state index in [0.29, 0.717) is 0 Å². The number of fused-ring (bicyclic) bond motifs is 1. The van der Waals surface area contributed by atoms with E-state index in [1.54, 1.807) is 6.07 Å². The number of hydrogen-bond donors (Lipinski definition) is 1. The Labute approximate surface area is 143 Å². The van der Waals surface area contributed by atoms with Gasteiger partial charge in [-0.2, -0.15) is 0 Å². The van der Waals surface area contributed by atoms with E-state index in [9.17, 15) is 5.11 Å². The molecule has 3 aromatic carbocycles. The van der Waals surface area contributed by atoms with Crippen LogP contribution in [0.1, 0.15) is 38.2 Å². The first-order valence-electron chi connectivity index (χ1n) is 8.75. The summed E-state index contributed by atoms with van der Waals surface area (Å²) in [5.41, 5.74) is 1.36. The van der Waals surface area contributed by atoms with Crippen molar-refractivity contribution in [3.8, 4) is 17.2 Å². The molecule has 3 aromatic rings. The topological polar surface area (TPSA) is 29.5 Å². The van der Waals surface area contributed by atoms with Crippen LogP contribution in [-0.2, 0) is 6.42 Å². The second-order valence-corrected chi connectivity index (χ2v) is 6.19. The fraction of sp³-hybridized carbons (Fsp3) is 0.273. The van der Waals surface area contributed by atoms with Crippen LogP contribution in [-0.4, -0.2) is 5.11 Å². The van der Waals surface area contributed by atoms with Crippen LogP contribution in [0.4, 0.5) is 0 Å². The van der Waals surface area contributed by atoms with Crippen LogP contribution in [0.2, 0.25) is 0 Å². The molecule has 0 heterocycles. The molecular formula is C22H24O2. The lowest BCUT2D eigenvalue weighted by Crippen LogP contribution is -1.89. The molecule has 0 saturated carbocycles. The van der Waals surface area contributed by atoms with E-state index in [1.165, 1.54) is 31.2 Å². The van der Waals surface area contributed by atoms with Gasteiger partial charge in [-0.25, -0.2) is 0 Å². The minimum atomic E-state index is 0.278. The third kappa shape index (κ3) is 3.88. The lowest BCUT2D eigenvalue weighted by atomic mass is 10.1. The standard InChI is InChI=1S/C22H24O2/c1-2-3-4-5-8-17-11-13-18(14-12-17)24-22-16-15-21(23)19-9-6-7-10-20(19)22/h6-7,9-16,23H,2-5,8H2,1H3. The van der Waals surface area contributed by atoms with E-state index < -0.39 is 0 Å². The van der Waals surface area contributed by atoms with Crippen LogP contribution in [0.3, 0.4) is 0 Å². The van der Waals surface area contributed by atoms with E-state index in [0.717, 1.165) is 28.7 Å². The van der Waals surface area contributed by atoms with Gasteiger partial charge in [0.05, 0.1) is 0 Å². The average molecular weight is 320 g/mol. The number of phenolic OH excluding ortho intramolecular Hbond substituents is 1. The highest BCUT2D eigenvalue weighted by atomic mass is 16.5. The summed E-state index contributed by atoms with van der Waals surface area (Å²) in [6, 6.07) is 19.6. The van der Waals surface area contributed by atoms with E-state index >= 15 is 0 Å². The molecule has 24 heavy (non-hydrogen) atoms. The summed E-state index contributed by atoms with van der Waals surface area (Å²) < 4.78 is 6.03. The first-order chi connectivity index (χ1) is 11.8. The van der Waals surface area contributed by atoms with Crippen LogP contribution >= 0.6 is 0 Å². The molecule has 0 aliphatic rings. The Balaban J connectivity index is 1.71. The monoisotopic (exact) mass is 320 g/mol. The maximum atomic E-state index is 9.96. The van der Waals surface area contributed by atoms with Gasteiger partial charge in [-0.1, -0.05) is 62.6 Å². The van der Waals surface area contributed by atoms with Crippen molar-refractivity contribution in [3.05, 3.63) is 66.2 Å². The van der Waals surface area contributed by atoms with Crippen LogP contribution < -0.4 is 4.74 Å². The summed E-state index contributed by atoms with van der Waals surface area (Å²) in [5.74, 6) is 1.86. The molecule has 2 heteroatoms. The summed E-state index contributed by atoms with van der Waals surface area (Å²) in [6.45, 7) is 2.24. The molecule has 0 aliphatic carbocycles. The number of hydrogen-bond acceptors (Lipinski definition) is 2. The zero-order chi connectivity index (χ0) is 16.8. The number of unbranched alkanes of at least 4 members (excludes halogenated alkanes) is 3. The van der Waals surface area contributed by atoms with Crippen LogP contribution in [0.5, 0.6) is 17.2 Å². The maximum Gasteiger partial charge on any atom is 0.135 e. The minimum absolute atomic E-state index is 0.278. The first-order valence-corrected chi connectivity index (χ1v) is 8.75. The number of aryl methyl sites for hydroxylation is 1. The zero-order valence-corrected chi connectivity index (χ0v) is 14.2. The first kappa shape index (κ1) is 16.4. The highest BCUT2D eigenvalue weighted by Gasteiger charge is 2.07. The molecule has 1 N–H and O–H groups in total. The Bertz CT molecular complexity index is 791. The molecule has 0 aliphatic heterocycles. The van der Waals surface area contributed by atoms with E-state index in [4.69, 9.17) is 4.74 Å². The van der Waals surface area contributed by atoms with Gasteiger partial charge in [0, 0.05) is 10.8 Å². The average Bonchev–Trinajstić information content (AvgIpc) is 2.63. The Morgan fingerprint density at radius 2 is 1.54 bits per heavy atom. The second kappa shape index (κ2) is 7.87. The van der Waals surface area contributed by atoms with Crippen molar-refractivity contribution in [2.24, 2.45) is 0 Å². The number of ether oxygens (including phenoxy) is 1. The quantitative estimate of drug-likeness (QED) is 0.506. The number of phenols is 1. The Hall–Kier alpha value is -2.48. The Morgan fingerprint density at radius 3 is 2.29 bits per heavy atom. The van der Waals surface area contributed by atoms with Crippen molar-refractivity contribution >= 4 is 10.8 Å². The van der Waals surface area contributed by atoms with Crippen molar-refractivity contribution in [1.29, 1.82) is 0 Å². The lowest BCUT2D eigenvalue weighted by molar-refractivity contribution is 0.473. The molecule has 2 nitrogen and oxygen atoms in total. The van der Waals surface area contributed by atoms with E-state index in [1.807, 2.05) is 42.5 Å². The van der Waals surface area contributed by atoms with E-state index in [-0.39, 0.29) is 5.75 Å². The maximum absolute atomic E-state index is 9.96. The van der Waals surface area contributed by atoms with Gasteiger partial charge < -0.3 is 9.84 Å². The highest BCUT2D eigenvalue weighted by Crippen LogP contribution is 2.34. The molecule has 0 bridgehead atoms. The normalized spacial score (nSPS) is 10.9. The zero-order valence-electron chi connectivity index (χ0n) is 14.2. The SMILES string of the molecule is CCCCCCc1ccc(Oc2ccc(O)c3ccccc23)cc1. The predicted octanol–water partition coefficient (Wildman–Crippen LogP) is 6.46. The number of benzene rings is 3. The van der Waals surface area contributed by atoms with Crippen LogP contribution in [0.15, 0.2) is 60.7 Å². The summed E-state index contributed by atoms with van der Waals surface area (Å²) in [5, 5.41) is 11.7. The third-order valence-corrected chi connectivity index (χ3v) is 4.33. The molecule has 124 valence electrons. The van der Waals surface area contributed by atoms with Gasteiger partial charge in [-0.15, -0.1) is 0 Å². The van der Waals surface area contributed by atoms with Gasteiger partial charge in [-0.05, 0) is 42.7 Å². The molecule has 0 amide bonds. The fourth-order valence-corrected chi connectivity index (χ4v) is 2.95. The minimum Gasteiger partial charge on any atom is -0.507 e. The molecule has 0 fully saturated rings. The lowest BCUT2D eigenvalue weighted by Gasteiger charge is -2.10. The van der Waals surface area contributed by atoms with Gasteiger partial charge in [0.1, 0.15) is 17.2 Å². The Kier molecular flexibility index (Phi) is 5.37. The van der Waals surface area contributed by atoms with Crippen LogP contribution in [0.25, 0.3) is 10.8 Å². The largest absolute Gasteiger partial charge is 0.507 e. The smallest absolute Gasteiger partial charge is 0.135 e. The summed E-state index contributed by atoms with van der Waals surface area (Å²) in [4.78, 5) is 0. The van der Waals surface area contributed by atoms with Gasteiger partial charge in [0.25, 0.3) is 0 Å². The third-order valence-electron chi connectivity index (χ3n) is 4.33. The van der Waals surface area contributed by atoms with Gasteiger partial charge in [0.15, 0.2) is 0 Å². The second-order valence-electron chi connectivity index (χ2n) is 6.19. The molecule has 0 saturated heterocycles. The number of aromatic hydroxyl groups is 1. The van der Waals surface area contributed by atoms with Gasteiger partial charge in [0.2, 0.25) is 0 Å². The Morgan fingerprint density at radius 1 is 0.792 bits per heavy atom. The molecule has 0 atom stereocenters. The fourth-order valence-electron chi connectivity index (χ4n) is 2.95. The molecule has 0 radical (unpaired) electrons. The van der Waals surface area contributed by atoms with Crippen LogP contribution in [0, 0.1) is 0 Å². The van der Waals surface area contributed by atoms with Crippen molar-refractivity contribution in [3.63, 3.8) is 0 Å². The van der Waals surface area contributed by atoms with Crippen molar-refractivity contribution in [2.75, 3.05) is 0 Å². The molecule has 0 aromatic heterocycles. The summed E-state index contributed by atoms with van der Waals surface area (Å²) >= 11 is 0. The van der Waals surface area contributed by atoms with Gasteiger partial charge in [-0.3, -0.25) is 0 Å². The molecule has 0 spiro atoms. The summed E-state index contributed by atoms with van der Waals surface area (Å²) in [7, 11) is 0. The van der Waals surface area contributed by atoms with Crippen molar-refractivity contribution in [2.45, 2.75) is 39.0 Å².